The SMILES string of the molecule is COc1cc(NC(=S)C(N)=S)cc(OC)c1OC. The van der Waals surface area contributed by atoms with Crippen molar-refractivity contribution in [2.45, 2.75) is 0 Å². The van der Waals surface area contributed by atoms with Crippen LogP contribution in [0.4, 0.5) is 5.69 Å². The largest absolute Gasteiger partial charge is 0.493 e. The van der Waals surface area contributed by atoms with Crippen molar-refractivity contribution in [1.29, 1.82) is 0 Å². The number of nitrogens with two attached hydrogens (primary N) is 1. The normalized spacial score (nSPS) is 9.50. The van der Waals surface area contributed by atoms with Gasteiger partial charge in [-0.25, -0.2) is 0 Å². The fourth-order valence-corrected chi connectivity index (χ4v) is 1.51. The van der Waals surface area contributed by atoms with Gasteiger partial charge in [0.1, 0.15) is 9.98 Å². The van der Waals surface area contributed by atoms with Gasteiger partial charge in [0, 0.05) is 17.8 Å². The van der Waals surface area contributed by atoms with Crippen LogP contribution < -0.4 is 25.3 Å². The highest BCUT2D eigenvalue weighted by Crippen LogP contribution is 2.39. The van der Waals surface area contributed by atoms with E-state index in [1.807, 2.05) is 0 Å². The summed E-state index contributed by atoms with van der Waals surface area (Å²) < 4.78 is 15.6. The molecule has 0 saturated carbocycles. The van der Waals surface area contributed by atoms with Crippen LogP contribution in [0, 0.1) is 0 Å². The highest BCUT2D eigenvalue weighted by atomic mass is 32.1. The first kappa shape index (κ1) is 14.5. The molecule has 18 heavy (non-hydrogen) atoms. The molecular weight excluding hydrogens is 272 g/mol. The molecule has 0 spiro atoms. The molecule has 0 unspecified atom stereocenters. The minimum absolute atomic E-state index is 0.124. The van der Waals surface area contributed by atoms with Crippen LogP contribution in [0.1, 0.15) is 0 Å². The number of hydrogen-bond donors (Lipinski definition) is 2. The Morgan fingerprint density at radius 3 is 1.89 bits per heavy atom. The van der Waals surface area contributed by atoms with Gasteiger partial charge in [0.25, 0.3) is 0 Å². The van der Waals surface area contributed by atoms with E-state index in [1.54, 1.807) is 12.1 Å². The van der Waals surface area contributed by atoms with Gasteiger partial charge < -0.3 is 25.3 Å². The number of anilines is 1. The Bertz CT molecular complexity index is 452. The summed E-state index contributed by atoms with van der Waals surface area (Å²) in [6.07, 6.45) is 0. The molecule has 0 aliphatic rings. The molecule has 0 aromatic heterocycles. The first-order valence-electron chi connectivity index (χ1n) is 4.94. The van der Waals surface area contributed by atoms with Crippen LogP contribution in [0.15, 0.2) is 12.1 Å². The second-order valence-electron chi connectivity index (χ2n) is 3.23. The van der Waals surface area contributed by atoms with Crippen LogP contribution in [0.25, 0.3) is 0 Å². The number of methoxy groups -OCH3 is 3. The summed E-state index contributed by atoms with van der Waals surface area (Å²) in [4.78, 5) is 0.401. The van der Waals surface area contributed by atoms with Crippen molar-refractivity contribution in [2.75, 3.05) is 26.6 Å². The van der Waals surface area contributed by atoms with E-state index in [0.717, 1.165) is 0 Å². The Balaban J connectivity index is 3.15. The van der Waals surface area contributed by atoms with Crippen LogP contribution in [0.3, 0.4) is 0 Å². The Kier molecular flexibility index (Phi) is 5.11. The van der Waals surface area contributed by atoms with Gasteiger partial charge in [0.05, 0.1) is 21.3 Å². The molecule has 0 heterocycles. The molecule has 98 valence electrons. The summed E-state index contributed by atoms with van der Waals surface area (Å²) in [7, 11) is 4.60. The maximum Gasteiger partial charge on any atom is 0.203 e. The van der Waals surface area contributed by atoms with Crippen LogP contribution in [-0.2, 0) is 0 Å². The number of hydrogen-bond acceptors (Lipinski definition) is 5. The molecule has 0 bridgehead atoms. The van der Waals surface area contributed by atoms with Gasteiger partial charge in [-0.3, -0.25) is 0 Å². The molecule has 0 saturated heterocycles. The molecule has 0 fully saturated rings. The molecule has 1 aromatic carbocycles. The van der Waals surface area contributed by atoms with E-state index in [-0.39, 0.29) is 9.98 Å². The average molecular weight is 286 g/mol. The maximum atomic E-state index is 5.42. The number of nitrogens with one attached hydrogen (secondary N) is 1. The second-order valence-corrected chi connectivity index (χ2v) is 4.08. The van der Waals surface area contributed by atoms with Gasteiger partial charge in [-0.15, -0.1) is 0 Å². The second kappa shape index (κ2) is 6.36. The molecule has 0 amide bonds. The summed E-state index contributed by atoms with van der Waals surface area (Å²) >= 11 is 9.77. The van der Waals surface area contributed by atoms with Crippen LogP contribution in [0.2, 0.25) is 0 Å². The van der Waals surface area contributed by atoms with E-state index in [1.165, 1.54) is 21.3 Å². The van der Waals surface area contributed by atoms with E-state index in [0.29, 0.717) is 22.9 Å². The Labute approximate surface area is 116 Å². The summed E-state index contributed by atoms with van der Waals surface area (Å²) in [5.74, 6) is 1.54. The van der Waals surface area contributed by atoms with Crippen molar-refractivity contribution in [2.24, 2.45) is 5.73 Å². The zero-order valence-electron chi connectivity index (χ0n) is 10.3. The highest BCUT2D eigenvalue weighted by Gasteiger charge is 2.13. The van der Waals surface area contributed by atoms with Gasteiger partial charge >= 0.3 is 0 Å². The highest BCUT2D eigenvalue weighted by molar-refractivity contribution is 7.89. The Morgan fingerprint density at radius 1 is 1.06 bits per heavy atom. The molecule has 0 atom stereocenters. The first-order chi connectivity index (χ1) is 8.53. The van der Waals surface area contributed by atoms with Crippen molar-refractivity contribution in [1.82, 2.24) is 0 Å². The predicted octanol–water partition coefficient (Wildman–Crippen LogP) is 1.74. The van der Waals surface area contributed by atoms with Crippen molar-refractivity contribution in [3.8, 4) is 17.2 Å². The van der Waals surface area contributed by atoms with Gasteiger partial charge in [0.15, 0.2) is 11.5 Å². The molecule has 0 aliphatic carbocycles. The minimum Gasteiger partial charge on any atom is -0.493 e. The topological polar surface area (TPSA) is 65.7 Å². The zero-order chi connectivity index (χ0) is 13.7. The lowest BCUT2D eigenvalue weighted by Gasteiger charge is -2.15. The lowest BCUT2D eigenvalue weighted by atomic mass is 10.2. The molecule has 1 rings (SSSR count). The quantitative estimate of drug-likeness (QED) is 0.817. The predicted molar refractivity (Wildman–Crippen MR) is 79.1 cm³/mol. The number of benzene rings is 1. The molecule has 3 N–H and O–H groups in total. The van der Waals surface area contributed by atoms with Crippen molar-refractivity contribution >= 4 is 40.1 Å². The third-order valence-corrected chi connectivity index (χ3v) is 2.80. The molecule has 5 nitrogen and oxygen atoms in total. The first-order valence-corrected chi connectivity index (χ1v) is 5.76. The maximum absolute atomic E-state index is 5.42. The standard InChI is InChI=1S/C11H14N2O3S2/c1-14-7-4-6(13-11(18)10(12)17)5-8(15-2)9(7)16-3/h4-5H,1-3H3,(H2,12,17)(H,13,18). The molecule has 0 aliphatic heterocycles. The molecular formula is C11H14N2O3S2. The van der Waals surface area contributed by atoms with Crippen LogP contribution in [0.5, 0.6) is 17.2 Å². The molecule has 7 heteroatoms. The molecule has 1 aromatic rings. The summed E-state index contributed by atoms with van der Waals surface area (Å²) in [6, 6.07) is 3.43. The van der Waals surface area contributed by atoms with Crippen LogP contribution >= 0.6 is 24.4 Å². The van der Waals surface area contributed by atoms with Crippen molar-refractivity contribution in [3.05, 3.63) is 12.1 Å². The van der Waals surface area contributed by atoms with Crippen molar-refractivity contribution in [3.63, 3.8) is 0 Å². The Hall–Kier alpha value is -1.60. The lowest BCUT2D eigenvalue weighted by molar-refractivity contribution is 0.324. The third-order valence-electron chi connectivity index (χ3n) is 2.15. The third kappa shape index (κ3) is 3.21. The van der Waals surface area contributed by atoms with Crippen molar-refractivity contribution < 1.29 is 14.2 Å². The minimum atomic E-state index is 0.124. The van der Waals surface area contributed by atoms with Gasteiger partial charge in [-0.05, 0) is 0 Å². The lowest BCUT2D eigenvalue weighted by Crippen LogP contribution is -2.26. The fourth-order valence-electron chi connectivity index (χ4n) is 1.35. The monoisotopic (exact) mass is 286 g/mol. The van der Waals surface area contributed by atoms with Crippen LogP contribution in [-0.4, -0.2) is 31.3 Å². The van der Waals surface area contributed by atoms with E-state index in [2.05, 4.69) is 5.32 Å². The summed E-state index contributed by atoms with van der Waals surface area (Å²) in [5, 5.41) is 2.89. The number of ether oxygens (including phenoxy) is 3. The van der Waals surface area contributed by atoms with E-state index < -0.39 is 0 Å². The molecule has 0 radical (unpaired) electrons. The van der Waals surface area contributed by atoms with Gasteiger partial charge in [0.2, 0.25) is 5.75 Å². The number of thiocarbonyl (C=S) groups is 2. The van der Waals surface area contributed by atoms with Gasteiger partial charge in [-0.1, -0.05) is 24.4 Å². The fraction of sp³-hybridized carbons (Fsp3) is 0.273. The zero-order valence-corrected chi connectivity index (χ0v) is 11.9. The smallest absolute Gasteiger partial charge is 0.203 e. The summed E-state index contributed by atoms with van der Waals surface area (Å²) in [6.45, 7) is 0. The van der Waals surface area contributed by atoms with E-state index in [9.17, 15) is 0 Å². The van der Waals surface area contributed by atoms with Gasteiger partial charge in [-0.2, -0.15) is 0 Å². The number of rotatable bonds is 4. The van der Waals surface area contributed by atoms with E-state index >= 15 is 0 Å². The van der Waals surface area contributed by atoms with E-state index in [4.69, 9.17) is 44.4 Å². The summed E-state index contributed by atoms with van der Waals surface area (Å²) in [5.41, 5.74) is 6.08. The average Bonchev–Trinajstić information content (AvgIpc) is 2.37. The Morgan fingerprint density at radius 2 is 1.56 bits per heavy atom.